The van der Waals surface area contributed by atoms with Crippen LogP contribution in [0.2, 0.25) is 0 Å². The van der Waals surface area contributed by atoms with Crippen molar-refractivity contribution in [2.45, 2.75) is 38.5 Å². The van der Waals surface area contributed by atoms with E-state index in [1.165, 1.54) is 25.7 Å². The van der Waals surface area contributed by atoms with E-state index >= 15 is 0 Å². The molecular weight excluding hydrogens is 434 g/mol. The van der Waals surface area contributed by atoms with Crippen LogP contribution in [-0.4, -0.2) is 60.2 Å². The lowest BCUT2D eigenvalue weighted by atomic mass is 10.0. The van der Waals surface area contributed by atoms with E-state index in [4.69, 9.17) is 0 Å². The number of carbonyl (C=O) groups excluding carboxylic acids is 3. The molecule has 2 aliphatic heterocycles. The predicted octanol–water partition coefficient (Wildman–Crippen LogP) is 3.05. The SMILES string of the molecule is O=C(CC1CCCC1)N1CCN(C(=O)C2CCN(c3cccc(Br)c3)C2=O)CC1. The molecule has 4 rings (SSSR count). The average Bonchev–Trinajstić information content (AvgIpc) is 3.37. The van der Waals surface area contributed by atoms with E-state index in [0.29, 0.717) is 51.5 Å². The highest BCUT2D eigenvalue weighted by Crippen LogP contribution is 2.30. The zero-order chi connectivity index (χ0) is 20.4. The Morgan fingerprint density at radius 2 is 1.66 bits per heavy atom. The lowest BCUT2D eigenvalue weighted by molar-refractivity contribution is -0.145. The van der Waals surface area contributed by atoms with E-state index in [0.717, 1.165) is 10.2 Å². The molecule has 1 aromatic carbocycles. The van der Waals surface area contributed by atoms with Crippen LogP contribution < -0.4 is 4.90 Å². The largest absolute Gasteiger partial charge is 0.339 e. The summed E-state index contributed by atoms with van der Waals surface area (Å²) in [7, 11) is 0. The third kappa shape index (κ3) is 4.49. The Balaban J connectivity index is 1.30. The average molecular weight is 462 g/mol. The van der Waals surface area contributed by atoms with Crippen LogP contribution in [0.15, 0.2) is 28.7 Å². The van der Waals surface area contributed by atoms with Crippen molar-refractivity contribution < 1.29 is 14.4 Å². The fourth-order valence-corrected chi connectivity index (χ4v) is 5.18. The summed E-state index contributed by atoms with van der Waals surface area (Å²) in [5.41, 5.74) is 0.821. The van der Waals surface area contributed by atoms with Crippen LogP contribution in [-0.2, 0) is 14.4 Å². The van der Waals surface area contributed by atoms with Crippen LogP contribution in [0.25, 0.3) is 0 Å². The van der Waals surface area contributed by atoms with Crippen LogP contribution >= 0.6 is 15.9 Å². The van der Waals surface area contributed by atoms with Gasteiger partial charge < -0.3 is 14.7 Å². The number of rotatable bonds is 4. The second kappa shape index (κ2) is 8.86. The molecule has 7 heteroatoms. The van der Waals surface area contributed by atoms with Crippen LogP contribution in [0.3, 0.4) is 0 Å². The van der Waals surface area contributed by atoms with Crippen molar-refractivity contribution in [3.63, 3.8) is 0 Å². The van der Waals surface area contributed by atoms with Gasteiger partial charge in [-0.3, -0.25) is 14.4 Å². The maximum Gasteiger partial charge on any atom is 0.239 e. The van der Waals surface area contributed by atoms with Gasteiger partial charge in [-0.25, -0.2) is 0 Å². The number of anilines is 1. The standard InChI is InChI=1S/C22H28BrN3O3/c23-17-6-3-7-18(15-17)26-9-8-19(22(26)29)21(28)25-12-10-24(11-13-25)20(27)14-16-4-1-2-5-16/h3,6-7,15-16,19H,1-2,4-5,8-14H2. The molecule has 3 aliphatic rings. The zero-order valence-corrected chi connectivity index (χ0v) is 18.3. The van der Waals surface area contributed by atoms with Crippen molar-refractivity contribution in [2.24, 2.45) is 11.8 Å². The molecule has 156 valence electrons. The summed E-state index contributed by atoms with van der Waals surface area (Å²) in [5.74, 6) is -0.0398. The molecular formula is C22H28BrN3O3. The fraction of sp³-hybridized carbons (Fsp3) is 0.591. The first kappa shape index (κ1) is 20.4. The molecule has 2 heterocycles. The Morgan fingerprint density at radius 1 is 0.966 bits per heavy atom. The molecule has 29 heavy (non-hydrogen) atoms. The van der Waals surface area contributed by atoms with Gasteiger partial charge in [0.1, 0.15) is 5.92 Å². The minimum atomic E-state index is -0.602. The van der Waals surface area contributed by atoms with E-state index in [9.17, 15) is 14.4 Å². The maximum absolute atomic E-state index is 13.0. The number of carbonyl (C=O) groups is 3. The Labute approximate surface area is 180 Å². The van der Waals surface area contributed by atoms with E-state index in [2.05, 4.69) is 15.9 Å². The molecule has 6 nitrogen and oxygen atoms in total. The number of halogens is 1. The molecule has 1 unspecified atom stereocenters. The van der Waals surface area contributed by atoms with Gasteiger partial charge in [-0.15, -0.1) is 0 Å². The zero-order valence-electron chi connectivity index (χ0n) is 16.7. The fourth-order valence-electron chi connectivity index (χ4n) is 4.80. The van der Waals surface area contributed by atoms with Gasteiger partial charge >= 0.3 is 0 Å². The van der Waals surface area contributed by atoms with Gasteiger partial charge in [0.05, 0.1) is 0 Å². The first-order valence-electron chi connectivity index (χ1n) is 10.7. The summed E-state index contributed by atoms with van der Waals surface area (Å²) in [6.45, 7) is 2.76. The number of benzene rings is 1. The first-order chi connectivity index (χ1) is 14.0. The number of hydrogen-bond acceptors (Lipinski definition) is 3. The molecule has 2 saturated heterocycles. The van der Waals surface area contributed by atoms with Crippen LogP contribution in [0.1, 0.15) is 38.5 Å². The van der Waals surface area contributed by atoms with Crippen LogP contribution in [0.4, 0.5) is 5.69 Å². The number of hydrogen-bond donors (Lipinski definition) is 0. The summed E-state index contributed by atoms with van der Waals surface area (Å²) in [5, 5.41) is 0. The van der Waals surface area contributed by atoms with E-state index < -0.39 is 5.92 Å². The van der Waals surface area contributed by atoms with Gasteiger partial charge in [0.2, 0.25) is 17.7 Å². The number of amides is 3. The summed E-state index contributed by atoms with van der Waals surface area (Å²) < 4.78 is 0.913. The third-order valence-corrected chi connectivity index (χ3v) is 7.00. The summed E-state index contributed by atoms with van der Waals surface area (Å²) in [6, 6.07) is 7.60. The van der Waals surface area contributed by atoms with Gasteiger partial charge in [-0.1, -0.05) is 34.8 Å². The van der Waals surface area contributed by atoms with Gasteiger partial charge in [0.25, 0.3) is 0 Å². The maximum atomic E-state index is 13.0. The van der Waals surface area contributed by atoms with Gasteiger partial charge in [0, 0.05) is 49.3 Å². The number of nitrogens with zero attached hydrogens (tertiary/aromatic N) is 3. The first-order valence-corrected chi connectivity index (χ1v) is 11.5. The normalized spacial score (nSPS) is 23.1. The highest BCUT2D eigenvalue weighted by atomic mass is 79.9. The molecule has 0 N–H and O–H groups in total. The minimum Gasteiger partial charge on any atom is -0.339 e. The molecule has 0 radical (unpaired) electrons. The molecule has 3 amide bonds. The van der Waals surface area contributed by atoms with Gasteiger partial charge in [-0.2, -0.15) is 0 Å². The second-order valence-electron chi connectivity index (χ2n) is 8.37. The quantitative estimate of drug-likeness (QED) is 0.647. The summed E-state index contributed by atoms with van der Waals surface area (Å²) in [4.78, 5) is 43.7. The molecule has 3 fully saturated rings. The van der Waals surface area contributed by atoms with E-state index in [1.54, 1.807) is 9.80 Å². The predicted molar refractivity (Wildman–Crippen MR) is 114 cm³/mol. The van der Waals surface area contributed by atoms with Crippen molar-refractivity contribution >= 4 is 39.3 Å². The lowest BCUT2D eigenvalue weighted by Gasteiger charge is -2.36. The van der Waals surface area contributed by atoms with Gasteiger partial charge in [0.15, 0.2) is 0 Å². The third-order valence-electron chi connectivity index (χ3n) is 6.51. The molecule has 1 aromatic rings. The Morgan fingerprint density at radius 3 is 2.34 bits per heavy atom. The molecule has 0 bridgehead atoms. The number of piperazine rings is 1. The molecule has 0 spiro atoms. The molecule has 0 aromatic heterocycles. The topological polar surface area (TPSA) is 60.9 Å². The molecule has 1 atom stereocenters. The summed E-state index contributed by atoms with van der Waals surface area (Å²) >= 11 is 3.43. The molecule has 1 saturated carbocycles. The van der Waals surface area contributed by atoms with Crippen molar-refractivity contribution in [1.82, 2.24) is 9.80 Å². The van der Waals surface area contributed by atoms with Crippen molar-refractivity contribution in [2.75, 3.05) is 37.6 Å². The second-order valence-corrected chi connectivity index (χ2v) is 9.29. The smallest absolute Gasteiger partial charge is 0.239 e. The highest BCUT2D eigenvalue weighted by Gasteiger charge is 2.40. The van der Waals surface area contributed by atoms with E-state index in [-0.39, 0.29) is 17.7 Å². The van der Waals surface area contributed by atoms with Gasteiger partial charge in [-0.05, 0) is 43.4 Å². The van der Waals surface area contributed by atoms with Crippen LogP contribution in [0.5, 0.6) is 0 Å². The molecule has 1 aliphatic carbocycles. The Hall–Kier alpha value is -1.89. The Bertz CT molecular complexity index is 785. The van der Waals surface area contributed by atoms with E-state index in [1.807, 2.05) is 29.2 Å². The van der Waals surface area contributed by atoms with Crippen molar-refractivity contribution in [3.8, 4) is 0 Å². The lowest BCUT2D eigenvalue weighted by Crippen LogP contribution is -2.52. The highest BCUT2D eigenvalue weighted by molar-refractivity contribution is 9.10. The minimum absolute atomic E-state index is 0.0876. The van der Waals surface area contributed by atoms with Crippen molar-refractivity contribution in [1.29, 1.82) is 0 Å². The van der Waals surface area contributed by atoms with Crippen LogP contribution in [0, 0.1) is 11.8 Å². The Kier molecular flexibility index (Phi) is 6.23. The monoisotopic (exact) mass is 461 g/mol. The van der Waals surface area contributed by atoms with Crippen molar-refractivity contribution in [3.05, 3.63) is 28.7 Å². The summed E-state index contributed by atoms with van der Waals surface area (Å²) in [6.07, 6.45) is 6.02.